The molecule has 2 aromatic carbocycles. The third-order valence-corrected chi connectivity index (χ3v) is 3.51. The molecule has 5 heteroatoms. The number of nitrogens with one attached hydrogen (secondary N) is 1. The third kappa shape index (κ3) is 2.78. The van der Waals surface area contributed by atoms with Crippen molar-refractivity contribution in [3.63, 3.8) is 0 Å². The Morgan fingerprint density at radius 2 is 2.09 bits per heavy atom. The predicted molar refractivity (Wildman–Crippen MR) is 89.8 cm³/mol. The number of benzene rings is 2. The minimum absolute atomic E-state index is 0.0647. The number of rotatable bonds is 4. The number of ether oxygens (including phenoxy) is 1. The van der Waals surface area contributed by atoms with Crippen molar-refractivity contribution in [3.05, 3.63) is 53.1 Å². The van der Waals surface area contributed by atoms with Crippen LogP contribution in [0.2, 0.25) is 5.02 Å². The number of aromatic nitrogens is 1. The van der Waals surface area contributed by atoms with Crippen molar-refractivity contribution in [1.29, 1.82) is 0 Å². The van der Waals surface area contributed by atoms with Gasteiger partial charge in [-0.1, -0.05) is 29.8 Å². The molecule has 112 valence electrons. The maximum atomic E-state index is 10.1. The van der Waals surface area contributed by atoms with Gasteiger partial charge in [0, 0.05) is 16.6 Å². The summed E-state index contributed by atoms with van der Waals surface area (Å²) in [5, 5.41) is 11.5. The lowest BCUT2D eigenvalue weighted by molar-refractivity contribution is 0.341. The van der Waals surface area contributed by atoms with Gasteiger partial charge in [-0.2, -0.15) is 0 Å². The molecule has 0 spiro atoms. The number of hydrogen-bond donors (Lipinski definition) is 2. The second kappa shape index (κ2) is 6.12. The van der Waals surface area contributed by atoms with Crippen LogP contribution in [-0.4, -0.2) is 22.9 Å². The molecule has 0 unspecified atom stereocenters. The lowest BCUT2D eigenvalue weighted by Gasteiger charge is -2.05. The van der Waals surface area contributed by atoms with Gasteiger partial charge in [-0.25, -0.2) is 0 Å². The SMILES string of the molecule is CCOc1ccccc1N=Cc1c(O)[nH]c2cc(Cl)ccc12. The minimum atomic E-state index is 0.0647. The molecule has 0 aliphatic carbocycles. The molecule has 22 heavy (non-hydrogen) atoms. The zero-order chi connectivity index (χ0) is 15.5. The standard InChI is InChI=1S/C17H15ClN2O2/c1-2-22-16-6-4-3-5-14(16)19-10-13-12-8-7-11(18)9-15(12)20-17(13)21/h3-10,20-21H,2H2,1H3. The van der Waals surface area contributed by atoms with E-state index in [-0.39, 0.29) is 5.88 Å². The Morgan fingerprint density at radius 1 is 1.27 bits per heavy atom. The summed E-state index contributed by atoms with van der Waals surface area (Å²) in [5.41, 5.74) is 2.11. The normalized spacial score (nSPS) is 11.4. The quantitative estimate of drug-likeness (QED) is 0.687. The number of H-pyrrole nitrogens is 1. The van der Waals surface area contributed by atoms with Crippen LogP contribution in [0.1, 0.15) is 12.5 Å². The summed E-state index contributed by atoms with van der Waals surface area (Å²) in [5.74, 6) is 0.776. The van der Waals surface area contributed by atoms with Gasteiger partial charge < -0.3 is 14.8 Å². The van der Waals surface area contributed by atoms with Gasteiger partial charge in [-0.15, -0.1) is 0 Å². The molecule has 0 amide bonds. The summed E-state index contributed by atoms with van der Waals surface area (Å²) in [4.78, 5) is 7.33. The van der Waals surface area contributed by atoms with Gasteiger partial charge in [0.05, 0.1) is 17.7 Å². The topological polar surface area (TPSA) is 57.6 Å². The molecule has 1 heterocycles. The first kappa shape index (κ1) is 14.5. The average Bonchev–Trinajstić information content (AvgIpc) is 2.81. The van der Waals surface area contributed by atoms with Crippen molar-refractivity contribution < 1.29 is 9.84 Å². The molecule has 1 aromatic heterocycles. The van der Waals surface area contributed by atoms with Gasteiger partial charge in [-0.3, -0.25) is 4.99 Å². The maximum Gasteiger partial charge on any atom is 0.198 e. The first-order valence-corrected chi connectivity index (χ1v) is 7.33. The van der Waals surface area contributed by atoms with Crippen molar-refractivity contribution >= 4 is 34.4 Å². The van der Waals surface area contributed by atoms with E-state index >= 15 is 0 Å². The molecule has 0 atom stereocenters. The zero-order valence-corrected chi connectivity index (χ0v) is 12.8. The van der Waals surface area contributed by atoms with E-state index in [0.29, 0.717) is 28.6 Å². The van der Waals surface area contributed by atoms with Gasteiger partial charge in [0.2, 0.25) is 0 Å². The van der Waals surface area contributed by atoms with E-state index in [0.717, 1.165) is 10.9 Å². The number of hydrogen-bond acceptors (Lipinski definition) is 3. The Bertz CT molecular complexity index is 840. The molecule has 0 saturated carbocycles. The maximum absolute atomic E-state index is 10.1. The average molecular weight is 315 g/mol. The van der Waals surface area contributed by atoms with Crippen molar-refractivity contribution in [2.75, 3.05) is 6.61 Å². The second-order valence-electron chi connectivity index (χ2n) is 4.74. The highest BCUT2D eigenvalue weighted by atomic mass is 35.5. The van der Waals surface area contributed by atoms with Crippen molar-refractivity contribution in [2.24, 2.45) is 4.99 Å². The summed E-state index contributed by atoms with van der Waals surface area (Å²) < 4.78 is 5.54. The van der Waals surface area contributed by atoms with Crippen LogP contribution in [0.3, 0.4) is 0 Å². The molecular weight excluding hydrogens is 300 g/mol. The van der Waals surface area contributed by atoms with Crippen LogP contribution in [-0.2, 0) is 0 Å². The monoisotopic (exact) mass is 314 g/mol. The smallest absolute Gasteiger partial charge is 0.198 e. The van der Waals surface area contributed by atoms with Gasteiger partial charge >= 0.3 is 0 Å². The highest BCUT2D eigenvalue weighted by Crippen LogP contribution is 2.30. The van der Waals surface area contributed by atoms with Crippen LogP contribution in [0.4, 0.5) is 5.69 Å². The minimum Gasteiger partial charge on any atom is -0.494 e. The van der Waals surface area contributed by atoms with Crippen molar-refractivity contribution in [1.82, 2.24) is 4.98 Å². The first-order chi connectivity index (χ1) is 10.7. The van der Waals surface area contributed by atoms with Crippen LogP contribution in [0.5, 0.6) is 11.6 Å². The van der Waals surface area contributed by atoms with Crippen LogP contribution >= 0.6 is 11.6 Å². The van der Waals surface area contributed by atoms with Crippen LogP contribution in [0, 0.1) is 0 Å². The molecule has 0 saturated heterocycles. The highest BCUT2D eigenvalue weighted by Gasteiger charge is 2.09. The van der Waals surface area contributed by atoms with Gasteiger partial charge in [0.15, 0.2) is 5.88 Å². The largest absolute Gasteiger partial charge is 0.494 e. The zero-order valence-electron chi connectivity index (χ0n) is 12.0. The fraction of sp³-hybridized carbons (Fsp3) is 0.118. The number of aliphatic imine (C=N–C) groups is 1. The molecular formula is C17H15ClN2O2. The predicted octanol–water partition coefficient (Wildman–Crippen LogP) is 4.68. The Kier molecular flexibility index (Phi) is 4.02. The van der Waals surface area contributed by atoms with E-state index < -0.39 is 0 Å². The molecule has 0 radical (unpaired) electrons. The molecule has 0 aliphatic heterocycles. The van der Waals surface area contributed by atoms with E-state index in [1.807, 2.05) is 37.3 Å². The Morgan fingerprint density at radius 3 is 2.91 bits per heavy atom. The molecule has 0 bridgehead atoms. The van der Waals surface area contributed by atoms with E-state index in [9.17, 15) is 5.11 Å². The first-order valence-electron chi connectivity index (χ1n) is 6.95. The van der Waals surface area contributed by atoms with Crippen LogP contribution < -0.4 is 4.74 Å². The van der Waals surface area contributed by atoms with E-state index in [2.05, 4.69) is 9.98 Å². The van der Waals surface area contributed by atoms with Gasteiger partial charge in [-0.05, 0) is 31.2 Å². The van der Waals surface area contributed by atoms with Crippen molar-refractivity contribution in [3.8, 4) is 11.6 Å². The molecule has 4 nitrogen and oxygen atoms in total. The van der Waals surface area contributed by atoms with Gasteiger partial charge in [0.25, 0.3) is 0 Å². The van der Waals surface area contributed by atoms with E-state index in [1.165, 1.54) is 0 Å². The number of nitrogens with zero attached hydrogens (tertiary/aromatic N) is 1. The molecule has 0 aliphatic rings. The molecule has 3 rings (SSSR count). The molecule has 3 aromatic rings. The fourth-order valence-corrected chi connectivity index (χ4v) is 2.46. The third-order valence-electron chi connectivity index (χ3n) is 3.28. The Labute approximate surface area is 133 Å². The Balaban J connectivity index is 2.01. The lowest BCUT2D eigenvalue weighted by Crippen LogP contribution is -1.91. The number of para-hydroxylation sites is 2. The summed E-state index contributed by atoms with van der Waals surface area (Å²) >= 11 is 5.96. The summed E-state index contributed by atoms with van der Waals surface area (Å²) in [6.07, 6.45) is 1.62. The van der Waals surface area contributed by atoms with Crippen molar-refractivity contribution in [2.45, 2.75) is 6.92 Å². The van der Waals surface area contributed by atoms with Crippen LogP contribution in [0.25, 0.3) is 10.9 Å². The summed E-state index contributed by atoms with van der Waals surface area (Å²) in [7, 11) is 0. The number of aromatic amines is 1. The highest BCUT2D eigenvalue weighted by molar-refractivity contribution is 6.31. The fourth-order valence-electron chi connectivity index (χ4n) is 2.28. The summed E-state index contributed by atoms with van der Waals surface area (Å²) in [6, 6.07) is 12.9. The second-order valence-corrected chi connectivity index (χ2v) is 5.17. The Hall–Kier alpha value is -2.46. The van der Waals surface area contributed by atoms with Crippen LogP contribution in [0.15, 0.2) is 47.5 Å². The molecule has 0 fully saturated rings. The van der Waals surface area contributed by atoms with Gasteiger partial charge in [0.1, 0.15) is 11.4 Å². The number of fused-ring (bicyclic) bond motifs is 1. The molecule has 2 N–H and O–H groups in total. The lowest BCUT2D eigenvalue weighted by atomic mass is 10.2. The van der Waals surface area contributed by atoms with E-state index in [1.54, 1.807) is 18.3 Å². The number of aromatic hydroxyl groups is 1. The summed E-state index contributed by atoms with van der Waals surface area (Å²) in [6.45, 7) is 2.50. The number of halogens is 1. The van der Waals surface area contributed by atoms with E-state index in [4.69, 9.17) is 16.3 Å².